The number of hydrogen-bond acceptors (Lipinski definition) is 5. The Labute approximate surface area is 194 Å². The van der Waals surface area contributed by atoms with Crippen molar-refractivity contribution in [1.29, 1.82) is 0 Å². The van der Waals surface area contributed by atoms with Crippen molar-refractivity contribution in [3.63, 3.8) is 0 Å². The van der Waals surface area contributed by atoms with Gasteiger partial charge in [-0.25, -0.2) is 9.59 Å². The summed E-state index contributed by atoms with van der Waals surface area (Å²) in [5.74, 6) is 0.0633. The Morgan fingerprint density at radius 2 is 1.28 bits per heavy atom. The van der Waals surface area contributed by atoms with Crippen molar-refractivity contribution in [2.75, 3.05) is 20.3 Å². The molecule has 2 unspecified atom stereocenters. The van der Waals surface area contributed by atoms with E-state index in [1.807, 2.05) is 0 Å². The van der Waals surface area contributed by atoms with Crippen molar-refractivity contribution in [2.45, 2.75) is 79.1 Å². The quantitative estimate of drug-likeness (QED) is 0.124. The number of unbranched alkanes of at least 4 members (excludes halogenated alkanes) is 2. The Morgan fingerprint density at radius 1 is 0.812 bits per heavy atom. The lowest BCUT2D eigenvalue weighted by atomic mass is 10.0. The van der Waals surface area contributed by atoms with Gasteiger partial charge in [-0.3, -0.25) is 0 Å². The minimum absolute atomic E-state index is 0.0640. The maximum Gasteiger partial charge on any atom is 0.345 e. The number of hydrogen-bond donors (Lipinski definition) is 0. The molecule has 0 bridgehead atoms. The number of benzene rings is 1. The molecule has 2 atom stereocenters. The van der Waals surface area contributed by atoms with Gasteiger partial charge < -0.3 is 14.2 Å². The summed E-state index contributed by atoms with van der Waals surface area (Å²) in [5.41, 5.74) is 0.650. The van der Waals surface area contributed by atoms with Crippen LogP contribution in [0.15, 0.2) is 29.8 Å². The first-order valence-electron chi connectivity index (χ1n) is 12.2. The number of carbonyl (C=O) groups excluding carboxylic acids is 2. The molecule has 180 valence electrons. The molecule has 0 aliphatic carbocycles. The number of esters is 2. The first kappa shape index (κ1) is 27.7. The molecular weight excluding hydrogens is 404 g/mol. The topological polar surface area (TPSA) is 61.8 Å². The molecule has 0 aromatic heterocycles. The second kappa shape index (κ2) is 16.3. The van der Waals surface area contributed by atoms with Crippen molar-refractivity contribution >= 4 is 18.0 Å². The van der Waals surface area contributed by atoms with Crippen molar-refractivity contribution in [2.24, 2.45) is 11.8 Å². The van der Waals surface area contributed by atoms with Crippen LogP contribution >= 0.6 is 0 Å². The molecule has 5 nitrogen and oxygen atoms in total. The van der Waals surface area contributed by atoms with Crippen LogP contribution in [-0.2, 0) is 19.1 Å². The second-order valence-corrected chi connectivity index (χ2v) is 8.36. The largest absolute Gasteiger partial charge is 0.497 e. The van der Waals surface area contributed by atoms with E-state index >= 15 is 0 Å². The van der Waals surface area contributed by atoms with Gasteiger partial charge >= 0.3 is 11.9 Å². The van der Waals surface area contributed by atoms with E-state index in [1.54, 1.807) is 37.5 Å². The van der Waals surface area contributed by atoms with Crippen LogP contribution in [-0.4, -0.2) is 32.3 Å². The average Bonchev–Trinajstić information content (AvgIpc) is 2.82. The summed E-state index contributed by atoms with van der Waals surface area (Å²) in [5, 5.41) is 0. The van der Waals surface area contributed by atoms with Crippen LogP contribution in [0.25, 0.3) is 6.08 Å². The van der Waals surface area contributed by atoms with Gasteiger partial charge in [0.1, 0.15) is 11.3 Å². The molecule has 1 aromatic rings. The van der Waals surface area contributed by atoms with E-state index in [2.05, 4.69) is 27.7 Å². The Morgan fingerprint density at radius 3 is 1.66 bits per heavy atom. The lowest BCUT2D eigenvalue weighted by Crippen LogP contribution is -2.23. The number of carbonyl (C=O) groups is 2. The molecule has 0 heterocycles. The van der Waals surface area contributed by atoms with E-state index in [1.165, 1.54) is 0 Å². The van der Waals surface area contributed by atoms with Crippen LogP contribution in [0.4, 0.5) is 0 Å². The molecule has 0 spiro atoms. The number of rotatable bonds is 16. The molecule has 32 heavy (non-hydrogen) atoms. The Kier molecular flexibility index (Phi) is 14.2. The van der Waals surface area contributed by atoms with Gasteiger partial charge in [0.25, 0.3) is 0 Å². The summed E-state index contributed by atoms with van der Waals surface area (Å²) in [7, 11) is 1.59. The van der Waals surface area contributed by atoms with Gasteiger partial charge in [-0.2, -0.15) is 0 Å². The van der Waals surface area contributed by atoms with Crippen LogP contribution in [0.2, 0.25) is 0 Å². The highest BCUT2D eigenvalue weighted by Crippen LogP contribution is 2.19. The smallest absolute Gasteiger partial charge is 0.345 e. The fourth-order valence-electron chi connectivity index (χ4n) is 3.41. The molecule has 0 aliphatic rings. The van der Waals surface area contributed by atoms with E-state index < -0.39 is 11.9 Å². The van der Waals surface area contributed by atoms with Crippen LogP contribution < -0.4 is 4.74 Å². The fourth-order valence-corrected chi connectivity index (χ4v) is 3.41. The Bertz CT molecular complexity index is 659. The monoisotopic (exact) mass is 446 g/mol. The molecule has 0 aliphatic heterocycles. The summed E-state index contributed by atoms with van der Waals surface area (Å²) in [4.78, 5) is 25.8. The fraction of sp³-hybridized carbons (Fsp3) is 0.630. The van der Waals surface area contributed by atoms with Crippen LogP contribution in [0.5, 0.6) is 5.75 Å². The van der Waals surface area contributed by atoms with Gasteiger partial charge in [-0.1, -0.05) is 78.4 Å². The van der Waals surface area contributed by atoms with E-state index in [4.69, 9.17) is 14.2 Å². The van der Waals surface area contributed by atoms with E-state index in [0.29, 0.717) is 36.4 Å². The minimum Gasteiger partial charge on any atom is -0.497 e. The molecule has 5 heteroatoms. The third kappa shape index (κ3) is 10.3. The summed E-state index contributed by atoms with van der Waals surface area (Å²) in [6.07, 6.45) is 9.85. The van der Waals surface area contributed by atoms with Crippen LogP contribution in [0.3, 0.4) is 0 Å². The highest BCUT2D eigenvalue weighted by Gasteiger charge is 2.24. The van der Waals surface area contributed by atoms with E-state index in [0.717, 1.165) is 51.4 Å². The van der Waals surface area contributed by atoms with Crippen molar-refractivity contribution in [3.8, 4) is 5.75 Å². The zero-order valence-corrected chi connectivity index (χ0v) is 20.7. The molecule has 0 saturated heterocycles. The summed E-state index contributed by atoms with van der Waals surface area (Å²) >= 11 is 0. The molecule has 0 amide bonds. The first-order chi connectivity index (χ1) is 15.5. The lowest BCUT2D eigenvalue weighted by Gasteiger charge is -2.17. The molecule has 0 saturated carbocycles. The highest BCUT2D eigenvalue weighted by molar-refractivity contribution is 6.17. The maximum atomic E-state index is 12.9. The van der Waals surface area contributed by atoms with Crippen LogP contribution in [0, 0.1) is 11.8 Å². The summed E-state index contributed by atoms with van der Waals surface area (Å²) < 4.78 is 16.3. The average molecular weight is 447 g/mol. The minimum atomic E-state index is -0.623. The van der Waals surface area contributed by atoms with E-state index in [9.17, 15) is 9.59 Å². The molecule has 0 radical (unpaired) electrons. The third-order valence-electron chi connectivity index (χ3n) is 5.85. The second-order valence-electron chi connectivity index (χ2n) is 8.36. The molecule has 1 aromatic carbocycles. The highest BCUT2D eigenvalue weighted by atomic mass is 16.6. The number of ether oxygens (including phenoxy) is 3. The molecule has 0 fully saturated rings. The Hall–Kier alpha value is -2.30. The van der Waals surface area contributed by atoms with Crippen molar-refractivity contribution in [3.05, 3.63) is 35.4 Å². The molecule has 0 N–H and O–H groups in total. The van der Waals surface area contributed by atoms with Crippen molar-refractivity contribution < 1.29 is 23.8 Å². The third-order valence-corrected chi connectivity index (χ3v) is 5.85. The first-order valence-corrected chi connectivity index (χ1v) is 12.2. The zero-order valence-electron chi connectivity index (χ0n) is 20.7. The summed E-state index contributed by atoms with van der Waals surface area (Å²) in [6, 6.07) is 7.17. The summed E-state index contributed by atoms with van der Waals surface area (Å²) in [6.45, 7) is 9.12. The number of methoxy groups -OCH3 is 1. The predicted molar refractivity (Wildman–Crippen MR) is 130 cm³/mol. The van der Waals surface area contributed by atoms with E-state index in [-0.39, 0.29) is 5.57 Å². The Balaban J connectivity index is 2.94. The molecule has 1 rings (SSSR count). The zero-order chi connectivity index (χ0) is 23.8. The van der Waals surface area contributed by atoms with Crippen LogP contribution in [0.1, 0.15) is 84.6 Å². The van der Waals surface area contributed by atoms with Gasteiger partial charge in [0, 0.05) is 0 Å². The van der Waals surface area contributed by atoms with Gasteiger partial charge in [-0.05, 0) is 48.4 Å². The SMILES string of the molecule is CCCCC(CC)COC(=O)C(=Cc1ccc(OC)cc1)C(=O)OCC(CC)CCCC. The van der Waals surface area contributed by atoms with Gasteiger partial charge in [0.05, 0.1) is 20.3 Å². The van der Waals surface area contributed by atoms with Gasteiger partial charge in [0.15, 0.2) is 0 Å². The normalized spacial score (nSPS) is 12.5. The molecular formula is C27H42O5. The van der Waals surface area contributed by atoms with Gasteiger partial charge in [0.2, 0.25) is 0 Å². The maximum absolute atomic E-state index is 12.9. The van der Waals surface area contributed by atoms with Crippen molar-refractivity contribution in [1.82, 2.24) is 0 Å². The van der Waals surface area contributed by atoms with Gasteiger partial charge in [-0.15, -0.1) is 0 Å². The standard InChI is InChI=1S/C27H42O5/c1-6-10-12-21(8-3)19-31-26(28)25(18-23-14-16-24(30-5)17-15-23)27(29)32-20-22(9-4)13-11-7-2/h14-18,21-22H,6-13,19-20H2,1-5H3. The predicted octanol–water partition coefficient (Wildman–Crippen LogP) is 6.60. The lowest BCUT2D eigenvalue weighted by molar-refractivity contribution is -0.148.